The third-order valence-electron chi connectivity index (χ3n) is 4.49. The molecule has 120 valence electrons. The van der Waals surface area contributed by atoms with Crippen molar-refractivity contribution in [2.45, 2.75) is 38.1 Å². The quantitative estimate of drug-likeness (QED) is 0.730. The summed E-state index contributed by atoms with van der Waals surface area (Å²) in [6.45, 7) is 0.687. The molecule has 0 bridgehead atoms. The number of hydrogen-bond donors (Lipinski definition) is 3. The van der Waals surface area contributed by atoms with E-state index in [4.69, 9.17) is 11.5 Å². The van der Waals surface area contributed by atoms with Crippen LogP contribution in [0.5, 0.6) is 0 Å². The van der Waals surface area contributed by atoms with Crippen LogP contribution in [0.3, 0.4) is 0 Å². The molecule has 5 nitrogen and oxygen atoms in total. The van der Waals surface area contributed by atoms with Crippen molar-refractivity contribution in [3.63, 3.8) is 0 Å². The Morgan fingerprint density at radius 3 is 2.32 bits per heavy atom. The summed E-state index contributed by atoms with van der Waals surface area (Å²) >= 11 is 0. The van der Waals surface area contributed by atoms with Crippen LogP contribution in [-0.2, 0) is 16.0 Å². The van der Waals surface area contributed by atoms with Crippen molar-refractivity contribution in [2.75, 3.05) is 6.54 Å². The molecule has 22 heavy (non-hydrogen) atoms. The summed E-state index contributed by atoms with van der Waals surface area (Å²) in [5, 5.41) is 2.82. The van der Waals surface area contributed by atoms with E-state index in [1.807, 2.05) is 30.3 Å². The highest BCUT2D eigenvalue weighted by Crippen LogP contribution is 2.28. The smallest absolute Gasteiger partial charge is 0.240 e. The number of nitrogens with one attached hydrogen (secondary N) is 1. The van der Waals surface area contributed by atoms with E-state index in [-0.39, 0.29) is 11.8 Å². The molecule has 1 atom stereocenters. The zero-order chi connectivity index (χ0) is 15.9. The average Bonchev–Trinajstić information content (AvgIpc) is 2.55. The Balaban J connectivity index is 1.91. The molecule has 0 radical (unpaired) electrons. The monoisotopic (exact) mass is 303 g/mol. The number of carbonyl (C=O) groups excluding carboxylic acids is 2. The number of carbonyl (C=O) groups is 2. The van der Waals surface area contributed by atoms with Crippen molar-refractivity contribution in [3.05, 3.63) is 35.9 Å². The molecule has 0 unspecified atom stereocenters. The molecular weight excluding hydrogens is 278 g/mol. The largest absolute Gasteiger partial charge is 0.368 e. The molecule has 2 amide bonds. The van der Waals surface area contributed by atoms with Crippen LogP contribution in [0.2, 0.25) is 0 Å². The first-order chi connectivity index (χ1) is 10.6. The average molecular weight is 303 g/mol. The van der Waals surface area contributed by atoms with E-state index in [0.717, 1.165) is 31.2 Å². The van der Waals surface area contributed by atoms with Gasteiger partial charge in [-0.1, -0.05) is 30.3 Å². The van der Waals surface area contributed by atoms with Gasteiger partial charge in [-0.2, -0.15) is 0 Å². The first kappa shape index (κ1) is 16.5. The lowest BCUT2D eigenvalue weighted by molar-refractivity contribution is -0.130. The van der Waals surface area contributed by atoms with Gasteiger partial charge in [0, 0.05) is 12.3 Å². The van der Waals surface area contributed by atoms with Crippen LogP contribution in [0.15, 0.2) is 30.3 Å². The highest BCUT2D eigenvalue weighted by atomic mass is 16.2. The fourth-order valence-electron chi connectivity index (χ4n) is 3.02. The van der Waals surface area contributed by atoms with Gasteiger partial charge in [0.2, 0.25) is 11.8 Å². The summed E-state index contributed by atoms with van der Waals surface area (Å²) in [7, 11) is 0. The Bertz CT molecular complexity index is 496. The van der Waals surface area contributed by atoms with Gasteiger partial charge in [-0.05, 0) is 43.7 Å². The first-order valence-electron chi connectivity index (χ1n) is 7.93. The van der Waals surface area contributed by atoms with Gasteiger partial charge in [-0.25, -0.2) is 0 Å². The summed E-state index contributed by atoms with van der Waals surface area (Å²) in [6, 6.07) is 8.93. The maximum atomic E-state index is 12.3. The van der Waals surface area contributed by atoms with E-state index in [1.54, 1.807) is 0 Å². The van der Waals surface area contributed by atoms with Gasteiger partial charge in [0.25, 0.3) is 0 Å². The lowest BCUT2D eigenvalue weighted by atomic mass is 9.81. The Hall–Kier alpha value is -1.88. The topological polar surface area (TPSA) is 98.2 Å². The third kappa shape index (κ3) is 4.56. The predicted molar refractivity (Wildman–Crippen MR) is 85.8 cm³/mol. The van der Waals surface area contributed by atoms with E-state index in [1.165, 1.54) is 0 Å². The van der Waals surface area contributed by atoms with Crippen LogP contribution in [0.25, 0.3) is 0 Å². The Kier molecular flexibility index (Phi) is 5.95. The SMILES string of the molecule is NCC1CCC(C(=O)N[C@@H](Cc2ccccc2)C(N)=O)CC1. The summed E-state index contributed by atoms with van der Waals surface area (Å²) in [4.78, 5) is 24.0. The zero-order valence-corrected chi connectivity index (χ0v) is 12.8. The minimum absolute atomic E-state index is 0.0274. The van der Waals surface area contributed by atoms with Crippen LogP contribution in [0.4, 0.5) is 0 Å². The number of amides is 2. The van der Waals surface area contributed by atoms with Gasteiger partial charge in [-0.3, -0.25) is 9.59 Å². The van der Waals surface area contributed by atoms with E-state index >= 15 is 0 Å². The predicted octanol–water partition coefficient (Wildman–Crippen LogP) is 0.964. The molecule has 0 spiro atoms. The van der Waals surface area contributed by atoms with Gasteiger partial charge in [0.15, 0.2) is 0 Å². The third-order valence-corrected chi connectivity index (χ3v) is 4.49. The van der Waals surface area contributed by atoms with Gasteiger partial charge in [0.1, 0.15) is 6.04 Å². The van der Waals surface area contributed by atoms with Crippen molar-refractivity contribution >= 4 is 11.8 Å². The molecule has 1 aromatic rings. The second-order valence-electron chi connectivity index (χ2n) is 6.11. The molecule has 0 aliphatic heterocycles. The summed E-state index contributed by atoms with van der Waals surface area (Å²) < 4.78 is 0. The summed E-state index contributed by atoms with van der Waals surface area (Å²) in [6.07, 6.45) is 4.07. The number of rotatable bonds is 6. The van der Waals surface area contributed by atoms with Crippen molar-refractivity contribution in [1.29, 1.82) is 0 Å². The van der Waals surface area contributed by atoms with Gasteiger partial charge in [0.05, 0.1) is 0 Å². The Morgan fingerprint density at radius 1 is 1.14 bits per heavy atom. The van der Waals surface area contributed by atoms with Gasteiger partial charge in [-0.15, -0.1) is 0 Å². The van der Waals surface area contributed by atoms with E-state index < -0.39 is 11.9 Å². The standard InChI is InChI=1S/C17H25N3O2/c18-11-13-6-8-14(9-7-13)17(22)20-15(16(19)21)10-12-4-2-1-3-5-12/h1-5,13-15H,6-11,18H2,(H2,19,21)(H,20,22)/t13?,14?,15-/m0/s1. The zero-order valence-electron chi connectivity index (χ0n) is 12.8. The molecule has 0 saturated heterocycles. The fraction of sp³-hybridized carbons (Fsp3) is 0.529. The Labute approximate surface area is 131 Å². The highest BCUT2D eigenvalue weighted by Gasteiger charge is 2.28. The van der Waals surface area contributed by atoms with Crippen molar-refractivity contribution in [1.82, 2.24) is 5.32 Å². The second kappa shape index (κ2) is 7.94. The van der Waals surface area contributed by atoms with Crippen LogP contribution >= 0.6 is 0 Å². The maximum Gasteiger partial charge on any atom is 0.240 e. The van der Waals surface area contributed by atoms with Gasteiger partial charge >= 0.3 is 0 Å². The Morgan fingerprint density at radius 2 is 1.77 bits per heavy atom. The fourth-order valence-corrected chi connectivity index (χ4v) is 3.02. The second-order valence-corrected chi connectivity index (χ2v) is 6.11. The summed E-state index contributed by atoms with van der Waals surface area (Å²) in [5.74, 6) is -0.0521. The molecule has 1 aliphatic rings. The number of hydrogen-bond acceptors (Lipinski definition) is 3. The van der Waals surface area contributed by atoms with Crippen LogP contribution in [0.1, 0.15) is 31.2 Å². The van der Waals surface area contributed by atoms with E-state index in [2.05, 4.69) is 5.32 Å². The first-order valence-corrected chi connectivity index (χ1v) is 7.93. The number of primary amides is 1. The molecule has 1 aliphatic carbocycles. The highest BCUT2D eigenvalue weighted by molar-refractivity contribution is 5.87. The van der Waals surface area contributed by atoms with Crippen LogP contribution < -0.4 is 16.8 Å². The molecule has 2 rings (SSSR count). The molecule has 1 fully saturated rings. The molecule has 1 aromatic carbocycles. The van der Waals surface area contributed by atoms with Crippen molar-refractivity contribution in [3.8, 4) is 0 Å². The number of nitrogens with two attached hydrogens (primary N) is 2. The lowest BCUT2D eigenvalue weighted by Crippen LogP contribution is -2.48. The molecule has 5 heteroatoms. The molecule has 0 aromatic heterocycles. The maximum absolute atomic E-state index is 12.3. The van der Waals surface area contributed by atoms with Crippen LogP contribution in [-0.4, -0.2) is 24.4 Å². The minimum atomic E-state index is -0.651. The van der Waals surface area contributed by atoms with E-state index in [0.29, 0.717) is 18.9 Å². The molecular formula is C17H25N3O2. The van der Waals surface area contributed by atoms with Crippen LogP contribution in [0, 0.1) is 11.8 Å². The summed E-state index contributed by atoms with van der Waals surface area (Å²) in [5.41, 5.74) is 12.1. The van der Waals surface area contributed by atoms with Crippen molar-refractivity contribution < 1.29 is 9.59 Å². The lowest BCUT2D eigenvalue weighted by Gasteiger charge is -2.28. The van der Waals surface area contributed by atoms with Gasteiger partial charge < -0.3 is 16.8 Å². The molecule has 1 saturated carbocycles. The van der Waals surface area contributed by atoms with E-state index in [9.17, 15) is 9.59 Å². The molecule has 0 heterocycles. The molecule has 5 N–H and O–H groups in total. The normalized spacial score (nSPS) is 22.8. The van der Waals surface area contributed by atoms with Crippen molar-refractivity contribution in [2.24, 2.45) is 23.3 Å². The minimum Gasteiger partial charge on any atom is -0.368 e. The number of benzene rings is 1.